The molecule has 0 aliphatic carbocycles. The topological polar surface area (TPSA) is 113 Å². The normalized spacial score (nSPS) is 19.3. The molecule has 1 fully saturated rings. The zero-order valence-electron chi connectivity index (χ0n) is 8.23. The third kappa shape index (κ3) is 5.41. The first kappa shape index (κ1) is 13.1. The molecule has 0 bridgehead atoms. The number of nitriles is 1. The highest BCUT2D eigenvalue weighted by atomic mass is 16.2. The Hall–Kier alpha value is -1.90. The molecule has 1 rings (SSSR count). The molecular weight excluding hydrogens is 198 g/mol. The second kappa shape index (κ2) is 7.50. The van der Waals surface area contributed by atoms with E-state index in [0.717, 1.165) is 0 Å². The first-order valence-corrected chi connectivity index (χ1v) is 4.51. The van der Waals surface area contributed by atoms with Gasteiger partial charge >= 0.3 is 0 Å². The summed E-state index contributed by atoms with van der Waals surface area (Å²) in [6.07, 6.45) is 2.19. The molecule has 1 aliphatic heterocycles. The second-order valence-corrected chi connectivity index (χ2v) is 2.98. The molecule has 1 saturated heterocycles. The highest BCUT2D eigenvalue weighted by Crippen LogP contribution is 2.16. The van der Waals surface area contributed by atoms with E-state index in [2.05, 4.69) is 11.1 Å². The van der Waals surface area contributed by atoms with Crippen molar-refractivity contribution in [3.05, 3.63) is 0 Å². The van der Waals surface area contributed by atoms with Crippen LogP contribution in [-0.4, -0.2) is 18.2 Å². The molecule has 1 atom stereocenters. The molecule has 1 aliphatic rings. The molecular formula is C9H13N3O3. The predicted octanol–water partition coefficient (Wildman–Crippen LogP) is -0.556. The van der Waals surface area contributed by atoms with Crippen molar-refractivity contribution in [1.29, 1.82) is 5.26 Å². The number of rotatable bonds is 2. The molecule has 3 amide bonds. The van der Waals surface area contributed by atoms with E-state index in [-0.39, 0.29) is 24.1 Å². The van der Waals surface area contributed by atoms with Gasteiger partial charge in [0.25, 0.3) is 0 Å². The average Bonchev–Trinajstić information content (AvgIpc) is 2.18. The number of imide groups is 1. The molecule has 6 nitrogen and oxygen atoms in total. The van der Waals surface area contributed by atoms with Gasteiger partial charge in [-0.1, -0.05) is 0 Å². The van der Waals surface area contributed by atoms with Crippen LogP contribution < -0.4 is 11.1 Å². The van der Waals surface area contributed by atoms with Gasteiger partial charge in [0, 0.05) is 18.8 Å². The minimum Gasteiger partial charge on any atom is -0.372 e. The molecule has 0 aromatic rings. The smallest absolute Gasteiger partial charge is 0.229 e. The van der Waals surface area contributed by atoms with Crippen LogP contribution in [-0.2, 0) is 14.4 Å². The summed E-state index contributed by atoms with van der Waals surface area (Å²) in [5.74, 6) is -0.558. The second-order valence-electron chi connectivity index (χ2n) is 2.98. The van der Waals surface area contributed by atoms with Crippen LogP contribution >= 0.6 is 0 Å². The maximum absolute atomic E-state index is 11.1. The number of carbonyl (C=O) groups excluding carboxylic acids is 3. The molecule has 0 aromatic heterocycles. The van der Waals surface area contributed by atoms with Gasteiger partial charge in [0.05, 0.1) is 6.07 Å². The van der Waals surface area contributed by atoms with Gasteiger partial charge in [0.15, 0.2) is 0 Å². The third-order valence-electron chi connectivity index (χ3n) is 1.96. The maximum Gasteiger partial charge on any atom is 0.229 e. The number of hydrogen-bond acceptors (Lipinski definition) is 4. The number of nitrogens with two attached hydrogens (primary N) is 1. The number of nitrogens with one attached hydrogen (secondary N) is 1. The molecule has 6 heteroatoms. The van der Waals surface area contributed by atoms with E-state index in [1.165, 1.54) is 0 Å². The monoisotopic (exact) mass is 211 g/mol. The molecule has 0 saturated carbocycles. The van der Waals surface area contributed by atoms with E-state index in [0.29, 0.717) is 25.7 Å². The third-order valence-corrected chi connectivity index (χ3v) is 1.96. The summed E-state index contributed by atoms with van der Waals surface area (Å²) in [5.41, 5.74) is 4.17. The Morgan fingerprint density at radius 1 is 1.60 bits per heavy atom. The van der Waals surface area contributed by atoms with Crippen molar-refractivity contribution in [2.75, 3.05) is 0 Å². The first-order chi connectivity index (χ1) is 7.15. The minimum atomic E-state index is -0.221. The Morgan fingerprint density at radius 2 is 2.20 bits per heavy atom. The summed E-state index contributed by atoms with van der Waals surface area (Å²) in [6, 6.07) is 1.98. The van der Waals surface area contributed by atoms with Crippen molar-refractivity contribution in [2.45, 2.75) is 25.7 Å². The van der Waals surface area contributed by atoms with Crippen LogP contribution in [0.25, 0.3) is 0 Å². The molecule has 15 heavy (non-hydrogen) atoms. The Balaban J connectivity index is 0.000000583. The highest BCUT2D eigenvalue weighted by molar-refractivity contribution is 5.98. The summed E-state index contributed by atoms with van der Waals surface area (Å²) in [4.78, 5) is 30.3. The first-order valence-electron chi connectivity index (χ1n) is 4.51. The number of nitrogens with zero attached hydrogens (tertiary/aromatic N) is 1. The molecule has 1 heterocycles. The van der Waals surface area contributed by atoms with Crippen LogP contribution in [0.1, 0.15) is 25.7 Å². The van der Waals surface area contributed by atoms with Gasteiger partial charge in [0.2, 0.25) is 18.2 Å². The van der Waals surface area contributed by atoms with Crippen LogP contribution in [0.5, 0.6) is 0 Å². The van der Waals surface area contributed by atoms with E-state index in [9.17, 15) is 9.59 Å². The van der Waals surface area contributed by atoms with Crippen LogP contribution in [0.2, 0.25) is 0 Å². The summed E-state index contributed by atoms with van der Waals surface area (Å²) in [7, 11) is 0. The standard InChI is InChI=1S/C8H10N2O2.CH3NO/c9-5-1-2-6-3-4-7(11)10-8(6)12;2-1-3/h6H,1-4H2,(H,10,11,12);1H,(H2,2,3)/t6-;/m1./s1. The summed E-state index contributed by atoms with van der Waals surface area (Å²) < 4.78 is 0. The van der Waals surface area contributed by atoms with Crippen LogP contribution in [0.4, 0.5) is 0 Å². The van der Waals surface area contributed by atoms with Crippen molar-refractivity contribution >= 4 is 18.2 Å². The maximum atomic E-state index is 11.1. The lowest BCUT2D eigenvalue weighted by atomic mass is 9.94. The summed E-state index contributed by atoms with van der Waals surface area (Å²) >= 11 is 0. The quantitative estimate of drug-likeness (QED) is 0.471. The molecule has 82 valence electrons. The molecule has 0 unspecified atom stereocenters. The SMILES string of the molecule is N#CCC[C@@H]1CCC(=O)NC1=O.NC=O. The highest BCUT2D eigenvalue weighted by Gasteiger charge is 2.25. The largest absolute Gasteiger partial charge is 0.372 e. The number of amides is 3. The Morgan fingerprint density at radius 3 is 2.67 bits per heavy atom. The van der Waals surface area contributed by atoms with Crippen LogP contribution in [0.3, 0.4) is 0 Å². The summed E-state index contributed by atoms with van der Waals surface area (Å²) in [6.45, 7) is 0. The zero-order valence-corrected chi connectivity index (χ0v) is 8.23. The van der Waals surface area contributed by atoms with Crippen molar-refractivity contribution in [3.63, 3.8) is 0 Å². The van der Waals surface area contributed by atoms with Gasteiger partial charge in [-0.2, -0.15) is 5.26 Å². The fourth-order valence-electron chi connectivity index (χ4n) is 1.25. The van der Waals surface area contributed by atoms with Crippen molar-refractivity contribution in [3.8, 4) is 6.07 Å². The average molecular weight is 211 g/mol. The number of hydrogen-bond donors (Lipinski definition) is 2. The van der Waals surface area contributed by atoms with Gasteiger partial charge in [-0.15, -0.1) is 0 Å². The van der Waals surface area contributed by atoms with Gasteiger partial charge in [-0.3, -0.25) is 19.7 Å². The van der Waals surface area contributed by atoms with Gasteiger partial charge in [-0.05, 0) is 12.8 Å². The molecule has 0 aromatic carbocycles. The lowest BCUT2D eigenvalue weighted by Crippen LogP contribution is -2.40. The predicted molar refractivity (Wildman–Crippen MR) is 51.0 cm³/mol. The van der Waals surface area contributed by atoms with E-state index >= 15 is 0 Å². The lowest BCUT2D eigenvalue weighted by molar-refractivity contribution is -0.136. The van der Waals surface area contributed by atoms with Crippen molar-refractivity contribution < 1.29 is 14.4 Å². The van der Waals surface area contributed by atoms with Gasteiger partial charge in [0.1, 0.15) is 0 Å². The van der Waals surface area contributed by atoms with Crippen molar-refractivity contribution in [1.82, 2.24) is 5.32 Å². The minimum absolute atomic E-state index is 0.137. The molecule has 0 spiro atoms. The Labute approximate surface area is 87.4 Å². The number of carbonyl (C=O) groups is 3. The van der Waals surface area contributed by atoms with E-state index in [1.807, 2.05) is 6.07 Å². The van der Waals surface area contributed by atoms with Crippen LogP contribution in [0.15, 0.2) is 0 Å². The summed E-state index contributed by atoms with van der Waals surface area (Å²) in [5, 5.41) is 10.5. The van der Waals surface area contributed by atoms with E-state index in [1.54, 1.807) is 0 Å². The van der Waals surface area contributed by atoms with Gasteiger partial charge < -0.3 is 5.73 Å². The fourth-order valence-corrected chi connectivity index (χ4v) is 1.25. The van der Waals surface area contributed by atoms with E-state index < -0.39 is 0 Å². The molecule has 0 radical (unpaired) electrons. The Kier molecular flexibility index (Phi) is 6.55. The van der Waals surface area contributed by atoms with E-state index in [4.69, 9.17) is 10.1 Å². The zero-order chi connectivity index (χ0) is 11.7. The molecule has 3 N–H and O–H groups in total. The number of piperidine rings is 1. The fraction of sp³-hybridized carbons (Fsp3) is 0.556. The lowest BCUT2D eigenvalue weighted by Gasteiger charge is -2.19. The Bertz CT molecular complexity index is 283. The number of primary amides is 1. The van der Waals surface area contributed by atoms with Gasteiger partial charge in [-0.25, -0.2) is 0 Å². The van der Waals surface area contributed by atoms with Crippen LogP contribution in [0, 0.1) is 17.2 Å². The van der Waals surface area contributed by atoms with Crippen molar-refractivity contribution in [2.24, 2.45) is 11.7 Å².